The molecule has 0 atom stereocenters. The molecule has 1 aliphatic carbocycles. The number of aromatic nitrogens is 2. The number of carbonyl (C=O) groups excluding carboxylic acids is 1. The molecular weight excluding hydrogens is 283 g/mol. The zero-order valence-corrected chi connectivity index (χ0v) is 10.6. The molecule has 3 rings (SSSR count). The van der Waals surface area contributed by atoms with Crippen molar-refractivity contribution in [2.45, 2.75) is 18.8 Å². The van der Waals surface area contributed by atoms with Crippen molar-refractivity contribution in [3.8, 4) is 0 Å². The second kappa shape index (κ2) is 4.93. The van der Waals surface area contributed by atoms with E-state index in [0.29, 0.717) is 5.89 Å². The van der Waals surface area contributed by atoms with Gasteiger partial charge in [0.25, 0.3) is 5.91 Å². The number of rotatable bonds is 4. The van der Waals surface area contributed by atoms with Crippen LogP contribution in [0.2, 0.25) is 0 Å². The number of hydrogen-bond donors (Lipinski definition) is 1. The molecule has 1 aliphatic rings. The number of nitro benzene ring substituents is 1. The van der Waals surface area contributed by atoms with Gasteiger partial charge in [-0.05, 0) is 25.0 Å². The summed E-state index contributed by atoms with van der Waals surface area (Å²) >= 11 is 0. The molecule has 0 saturated heterocycles. The van der Waals surface area contributed by atoms with E-state index in [4.69, 9.17) is 4.42 Å². The Morgan fingerprint density at radius 3 is 2.86 bits per heavy atom. The highest BCUT2D eigenvalue weighted by atomic mass is 19.1. The highest BCUT2D eigenvalue weighted by Crippen LogP contribution is 2.39. The molecule has 9 heteroatoms. The summed E-state index contributed by atoms with van der Waals surface area (Å²) in [5, 5.41) is 20.4. The summed E-state index contributed by atoms with van der Waals surface area (Å²) < 4.78 is 18.4. The molecule has 2 aromatic rings. The first kappa shape index (κ1) is 13.2. The maximum Gasteiger partial charge on any atom is 0.322 e. The smallest absolute Gasteiger partial charge is 0.322 e. The van der Waals surface area contributed by atoms with Gasteiger partial charge in [0.05, 0.1) is 4.92 Å². The molecule has 21 heavy (non-hydrogen) atoms. The van der Waals surface area contributed by atoms with Crippen LogP contribution in [0.15, 0.2) is 22.6 Å². The topological polar surface area (TPSA) is 111 Å². The lowest BCUT2D eigenvalue weighted by molar-refractivity contribution is -0.387. The second-order valence-electron chi connectivity index (χ2n) is 4.60. The molecule has 1 fully saturated rings. The Kier molecular flexibility index (Phi) is 3.09. The number of nitrogens with one attached hydrogen (secondary N) is 1. The maximum atomic E-state index is 13.2. The van der Waals surface area contributed by atoms with Gasteiger partial charge < -0.3 is 4.42 Å². The molecule has 8 nitrogen and oxygen atoms in total. The number of amides is 1. The fourth-order valence-corrected chi connectivity index (χ4v) is 1.74. The molecule has 0 radical (unpaired) electrons. The number of anilines is 1. The molecule has 1 aromatic carbocycles. The molecule has 0 unspecified atom stereocenters. The largest absolute Gasteiger partial charge is 0.408 e. The van der Waals surface area contributed by atoms with Crippen molar-refractivity contribution in [1.82, 2.24) is 10.2 Å². The highest BCUT2D eigenvalue weighted by molar-refractivity contribution is 6.03. The standard InChI is InChI=1S/C12H9FN4O4/c13-8-4-3-7(5-9(8)17(19)20)10(18)14-12-16-15-11(21-12)6-1-2-6/h3-6H,1-2H2,(H,14,16,18). The molecule has 108 valence electrons. The molecule has 1 N–H and O–H groups in total. The van der Waals surface area contributed by atoms with E-state index in [-0.39, 0.29) is 17.5 Å². The number of halogens is 1. The number of benzene rings is 1. The average molecular weight is 292 g/mol. The lowest BCUT2D eigenvalue weighted by atomic mass is 10.2. The van der Waals surface area contributed by atoms with Gasteiger partial charge in [-0.2, -0.15) is 4.39 Å². The van der Waals surface area contributed by atoms with Gasteiger partial charge >= 0.3 is 11.7 Å². The first-order valence-corrected chi connectivity index (χ1v) is 6.13. The summed E-state index contributed by atoms with van der Waals surface area (Å²) in [6.45, 7) is 0. The van der Waals surface area contributed by atoms with Crippen molar-refractivity contribution in [3.63, 3.8) is 0 Å². The Bertz CT molecular complexity index is 726. The summed E-state index contributed by atoms with van der Waals surface area (Å²) in [5.41, 5.74) is -0.846. The van der Waals surface area contributed by atoms with Gasteiger partial charge in [-0.3, -0.25) is 20.2 Å². The van der Waals surface area contributed by atoms with Crippen molar-refractivity contribution in [1.29, 1.82) is 0 Å². The Hall–Kier alpha value is -2.84. The number of carbonyl (C=O) groups is 1. The quantitative estimate of drug-likeness (QED) is 0.683. The van der Waals surface area contributed by atoms with Crippen LogP contribution in [0, 0.1) is 15.9 Å². The molecule has 1 saturated carbocycles. The van der Waals surface area contributed by atoms with Crippen LogP contribution in [-0.4, -0.2) is 21.0 Å². The fourth-order valence-electron chi connectivity index (χ4n) is 1.74. The highest BCUT2D eigenvalue weighted by Gasteiger charge is 2.29. The van der Waals surface area contributed by atoms with E-state index in [2.05, 4.69) is 15.5 Å². The van der Waals surface area contributed by atoms with Crippen LogP contribution in [0.1, 0.15) is 35.0 Å². The molecular formula is C12H9FN4O4. The minimum Gasteiger partial charge on any atom is -0.408 e. The van der Waals surface area contributed by atoms with Crippen molar-refractivity contribution < 1.29 is 18.5 Å². The van der Waals surface area contributed by atoms with E-state index in [0.717, 1.165) is 31.0 Å². The Labute approximate surface area is 117 Å². The van der Waals surface area contributed by atoms with Crippen LogP contribution in [0.25, 0.3) is 0 Å². The molecule has 0 aliphatic heterocycles. The van der Waals surface area contributed by atoms with Crippen LogP contribution < -0.4 is 5.32 Å². The van der Waals surface area contributed by atoms with Gasteiger partial charge in [-0.25, -0.2) is 0 Å². The van der Waals surface area contributed by atoms with Gasteiger partial charge in [0.2, 0.25) is 11.7 Å². The normalized spacial score (nSPS) is 14.0. The third-order valence-corrected chi connectivity index (χ3v) is 2.99. The van der Waals surface area contributed by atoms with Crippen LogP contribution in [0.3, 0.4) is 0 Å². The lowest BCUT2D eigenvalue weighted by Crippen LogP contribution is -2.12. The van der Waals surface area contributed by atoms with Crippen molar-refractivity contribution in [2.75, 3.05) is 5.32 Å². The fraction of sp³-hybridized carbons (Fsp3) is 0.250. The van der Waals surface area contributed by atoms with Crippen LogP contribution in [0.5, 0.6) is 0 Å². The summed E-state index contributed by atoms with van der Waals surface area (Å²) in [5.74, 6) is -1.00. The van der Waals surface area contributed by atoms with Crippen LogP contribution in [0.4, 0.5) is 16.1 Å². The first-order valence-electron chi connectivity index (χ1n) is 6.13. The zero-order chi connectivity index (χ0) is 15.0. The van der Waals surface area contributed by atoms with E-state index in [1.54, 1.807) is 0 Å². The molecule has 1 aromatic heterocycles. The maximum absolute atomic E-state index is 13.2. The predicted molar refractivity (Wildman–Crippen MR) is 67.3 cm³/mol. The van der Waals surface area contributed by atoms with Crippen molar-refractivity contribution in [2.24, 2.45) is 0 Å². The van der Waals surface area contributed by atoms with Gasteiger partial charge in [0, 0.05) is 17.5 Å². The third-order valence-electron chi connectivity index (χ3n) is 2.99. The molecule has 0 bridgehead atoms. The number of nitro groups is 1. The second-order valence-corrected chi connectivity index (χ2v) is 4.60. The monoisotopic (exact) mass is 292 g/mol. The van der Waals surface area contributed by atoms with E-state index < -0.39 is 22.3 Å². The Morgan fingerprint density at radius 2 is 2.19 bits per heavy atom. The predicted octanol–water partition coefficient (Wildman–Crippen LogP) is 2.25. The number of hydrogen-bond acceptors (Lipinski definition) is 6. The van der Waals surface area contributed by atoms with E-state index >= 15 is 0 Å². The molecule has 1 heterocycles. The van der Waals surface area contributed by atoms with Gasteiger partial charge in [-0.15, -0.1) is 5.10 Å². The first-order chi connectivity index (χ1) is 10.0. The lowest BCUT2D eigenvalue weighted by Gasteiger charge is -2.01. The number of nitrogens with zero attached hydrogens (tertiary/aromatic N) is 3. The minimum atomic E-state index is -1.01. The SMILES string of the molecule is O=C(Nc1nnc(C2CC2)o1)c1ccc(F)c([N+](=O)[O-])c1. The van der Waals surface area contributed by atoms with Gasteiger partial charge in [-0.1, -0.05) is 5.10 Å². The molecule has 1 amide bonds. The van der Waals surface area contributed by atoms with Gasteiger partial charge in [0.1, 0.15) is 0 Å². The van der Waals surface area contributed by atoms with Crippen LogP contribution >= 0.6 is 0 Å². The van der Waals surface area contributed by atoms with Crippen molar-refractivity contribution >= 4 is 17.6 Å². The third kappa shape index (κ3) is 2.71. The summed E-state index contributed by atoms with van der Waals surface area (Å²) in [7, 11) is 0. The van der Waals surface area contributed by atoms with Gasteiger partial charge in [0.15, 0.2) is 0 Å². The van der Waals surface area contributed by atoms with Crippen LogP contribution in [-0.2, 0) is 0 Å². The zero-order valence-electron chi connectivity index (χ0n) is 10.6. The molecule has 0 spiro atoms. The van der Waals surface area contributed by atoms with E-state index in [9.17, 15) is 19.3 Å². The summed E-state index contributed by atoms with van der Waals surface area (Å²) in [6, 6.07) is 2.75. The van der Waals surface area contributed by atoms with E-state index in [1.165, 1.54) is 0 Å². The summed E-state index contributed by atoms with van der Waals surface area (Å²) in [6.07, 6.45) is 1.94. The average Bonchev–Trinajstić information content (AvgIpc) is 3.19. The Morgan fingerprint density at radius 1 is 1.43 bits per heavy atom. The minimum absolute atomic E-state index is 0.0747. The Balaban J connectivity index is 1.77. The summed E-state index contributed by atoms with van der Waals surface area (Å²) in [4.78, 5) is 21.6. The van der Waals surface area contributed by atoms with E-state index in [1.807, 2.05) is 0 Å². The van der Waals surface area contributed by atoms with Crippen molar-refractivity contribution in [3.05, 3.63) is 45.6 Å².